The summed E-state index contributed by atoms with van der Waals surface area (Å²) in [7, 11) is 3.04. The van der Waals surface area contributed by atoms with Crippen LogP contribution in [0.2, 0.25) is 0 Å². The van der Waals surface area contributed by atoms with Crippen molar-refractivity contribution in [3.8, 4) is 0 Å². The van der Waals surface area contributed by atoms with Crippen LogP contribution in [0, 0.1) is 5.92 Å². The van der Waals surface area contributed by atoms with Crippen LogP contribution in [0.1, 0.15) is 27.7 Å². The lowest BCUT2D eigenvalue weighted by atomic mass is 10.2. The Hall–Kier alpha value is -0.650. The average molecular weight is 233 g/mol. The van der Waals surface area contributed by atoms with Gasteiger partial charge in [0.15, 0.2) is 0 Å². The molecule has 16 heavy (non-hydrogen) atoms. The van der Waals surface area contributed by atoms with Crippen molar-refractivity contribution < 1.29 is 19.4 Å². The molecule has 0 rings (SSSR count). The maximum atomic E-state index is 11.2. The molecule has 5 heteroatoms. The lowest BCUT2D eigenvalue weighted by molar-refractivity contribution is -0.234. The van der Waals surface area contributed by atoms with E-state index in [0.29, 0.717) is 6.54 Å². The standard InChI is InChI=1S/C11H23NO4/c1-8(9(13)15-6)7-12(5)10(14)16-11(2,3)4/h8,10,14H,7H2,1-6H3/t8-,10+/m0/s1. The molecule has 0 spiro atoms. The molecule has 0 saturated heterocycles. The second-order valence-electron chi connectivity index (χ2n) is 4.92. The van der Waals surface area contributed by atoms with Gasteiger partial charge in [-0.2, -0.15) is 0 Å². The normalized spacial score (nSPS) is 16.0. The first-order valence-electron chi connectivity index (χ1n) is 5.31. The Labute approximate surface area is 97.3 Å². The first kappa shape index (κ1) is 15.3. The van der Waals surface area contributed by atoms with Crippen LogP contribution < -0.4 is 0 Å². The minimum atomic E-state index is -1.02. The highest BCUT2D eigenvalue weighted by molar-refractivity contribution is 5.71. The van der Waals surface area contributed by atoms with E-state index in [1.165, 1.54) is 7.11 Å². The topological polar surface area (TPSA) is 59.0 Å². The molecule has 0 aliphatic rings. The predicted octanol–water partition coefficient (Wildman–Crippen LogP) is 0.818. The van der Waals surface area contributed by atoms with E-state index in [0.717, 1.165) is 0 Å². The molecule has 0 aromatic rings. The van der Waals surface area contributed by atoms with E-state index in [4.69, 9.17) is 4.74 Å². The smallest absolute Gasteiger partial charge is 0.309 e. The number of carbonyl (C=O) groups is 1. The van der Waals surface area contributed by atoms with E-state index in [1.807, 2.05) is 20.8 Å². The van der Waals surface area contributed by atoms with Crippen LogP contribution in [0.3, 0.4) is 0 Å². The van der Waals surface area contributed by atoms with Gasteiger partial charge in [0.05, 0.1) is 18.6 Å². The molecule has 0 saturated carbocycles. The largest absolute Gasteiger partial charge is 0.469 e. The Bertz CT molecular complexity index is 225. The van der Waals surface area contributed by atoms with Crippen LogP contribution in [-0.2, 0) is 14.3 Å². The van der Waals surface area contributed by atoms with Crippen molar-refractivity contribution in [3.63, 3.8) is 0 Å². The molecule has 0 fully saturated rings. The summed E-state index contributed by atoms with van der Waals surface area (Å²) in [5.74, 6) is -0.594. The zero-order valence-corrected chi connectivity index (χ0v) is 11.0. The van der Waals surface area contributed by atoms with Gasteiger partial charge in [-0.15, -0.1) is 0 Å². The molecule has 0 aliphatic carbocycles. The zero-order valence-electron chi connectivity index (χ0n) is 11.0. The number of hydrogen-bond acceptors (Lipinski definition) is 5. The van der Waals surface area contributed by atoms with Gasteiger partial charge in [-0.25, -0.2) is 0 Å². The molecule has 5 nitrogen and oxygen atoms in total. The maximum absolute atomic E-state index is 11.2. The summed E-state index contributed by atoms with van der Waals surface area (Å²) in [5, 5.41) is 9.71. The zero-order chi connectivity index (χ0) is 12.9. The van der Waals surface area contributed by atoms with Crippen molar-refractivity contribution in [2.24, 2.45) is 5.92 Å². The summed E-state index contributed by atoms with van der Waals surface area (Å²) in [4.78, 5) is 12.7. The molecule has 0 amide bonds. The number of ether oxygens (including phenoxy) is 2. The highest BCUT2D eigenvalue weighted by Crippen LogP contribution is 2.12. The second kappa shape index (κ2) is 6.18. The van der Waals surface area contributed by atoms with Gasteiger partial charge in [0.1, 0.15) is 0 Å². The third-order valence-corrected chi connectivity index (χ3v) is 2.00. The number of esters is 1. The van der Waals surface area contributed by atoms with Gasteiger partial charge in [-0.05, 0) is 27.8 Å². The van der Waals surface area contributed by atoms with Crippen molar-refractivity contribution in [1.82, 2.24) is 4.90 Å². The van der Waals surface area contributed by atoms with Crippen LogP contribution in [-0.4, -0.2) is 48.7 Å². The Morgan fingerprint density at radius 3 is 2.31 bits per heavy atom. The van der Waals surface area contributed by atoms with Crippen molar-refractivity contribution in [2.45, 2.75) is 39.7 Å². The number of hydrogen-bond donors (Lipinski definition) is 1. The van der Waals surface area contributed by atoms with Gasteiger partial charge in [-0.1, -0.05) is 6.92 Å². The summed E-state index contributed by atoms with van der Waals surface area (Å²) in [6.45, 7) is 7.69. The summed E-state index contributed by atoms with van der Waals surface area (Å²) < 4.78 is 9.95. The van der Waals surface area contributed by atoms with E-state index in [-0.39, 0.29) is 11.9 Å². The minimum absolute atomic E-state index is 0.296. The van der Waals surface area contributed by atoms with Crippen molar-refractivity contribution in [1.29, 1.82) is 0 Å². The summed E-state index contributed by atoms with van der Waals surface area (Å²) in [6.07, 6.45) is -1.02. The molecule has 0 aromatic heterocycles. The van der Waals surface area contributed by atoms with Crippen LogP contribution >= 0.6 is 0 Å². The lowest BCUT2D eigenvalue weighted by Crippen LogP contribution is -2.42. The molecule has 0 unspecified atom stereocenters. The number of nitrogens with zero attached hydrogens (tertiary/aromatic N) is 1. The Kier molecular flexibility index (Phi) is 5.92. The van der Waals surface area contributed by atoms with E-state index in [2.05, 4.69) is 4.74 Å². The molecule has 0 aliphatic heterocycles. The second-order valence-corrected chi connectivity index (χ2v) is 4.92. The minimum Gasteiger partial charge on any atom is -0.469 e. The lowest BCUT2D eigenvalue weighted by Gasteiger charge is -2.30. The van der Waals surface area contributed by atoms with Crippen LogP contribution in [0.4, 0.5) is 0 Å². The van der Waals surface area contributed by atoms with Crippen molar-refractivity contribution in [3.05, 3.63) is 0 Å². The fraction of sp³-hybridized carbons (Fsp3) is 0.909. The first-order valence-corrected chi connectivity index (χ1v) is 5.31. The summed E-state index contributed by atoms with van der Waals surface area (Å²) in [6, 6.07) is 0. The van der Waals surface area contributed by atoms with E-state index in [9.17, 15) is 9.90 Å². The number of aliphatic hydroxyl groups excluding tert-OH is 1. The summed E-state index contributed by atoms with van der Waals surface area (Å²) in [5.41, 5.74) is -0.428. The van der Waals surface area contributed by atoms with Crippen LogP contribution in [0.5, 0.6) is 0 Å². The van der Waals surface area contributed by atoms with Gasteiger partial charge in [0, 0.05) is 6.54 Å². The maximum Gasteiger partial charge on any atom is 0.309 e. The van der Waals surface area contributed by atoms with Gasteiger partial charge in [-0.3, -0.25) is 9.69 Å². The number of carbonyl (C=O) groups excluding carboxylic acids is 1. The highest BCUT2D eigenvalue weighted by Gasteiger charge is 2.23. The van der Waals surface area contributed by atoms with Gasteiger partial charge in [0.25, 0.3) is 0 Å². The summed E-state index contributed by atoms with van der Waals surface area (Å²) >= 11 is 0. The fourth-order valence-corrected chi connectivity index (χ4v) is 1.20. The van der Waals surface area contributed by atoms with Gasteiger partial charge < -0.3 is 14.6 Å². The third kappa shape index (κ3) is 6.05. The van der Waals surface area contributed by atoms with E-state index < -0.39 is 12.0 Å². The number of aliphatic hydroxyl groups is 1. The highest BCUT2D eigenvalue weighted by atomic mass is 16.6. The quantitative estimate of drug-likeness (QED) is 0.562. The van der Waals surface area contributed by atoms with E-state index in [1.54, 1.807) is 18.9 Å². The molecule has 1 N–H and O–H groups in total. The SMILES string of the molecule is COC(=O)[C@@H](C)CN(C)[C@H](O)OC(C)(C)C. The fourth-order valence-electron chi connectivity index (χ4n) is 1.20. The van der Waals surface area contributed by atoms with Gasteiger partial charge in [0.2, 0.25) is 6.41 Å². The van der Waals surface area contributed by atoms with Crippen LogP contribution in [0.25, 0.3) is 0 Å². The van der Waals surface area contributed by atoms with Gasteiger partial charge >= 0.3 is 5.97 Å². The molecule has 96 valence electrons. The van der Waals surface area contributed by atoms with E-state index >= 15 is 0 Å². The third-order valence-electron chi connectivity index (χ3n) is 2.00. The number of rotatable bonds is 5. The Balaban J connectivity index is 4.15. The monoisotopic (exact) mass is 233 g/mol. The molecule has 0 radical (unpaired) electrons. The first-order chi connectivity index (χ1) is 7.17. The average Bonchev–Trinajstić information content (AvgIpc) is 2.13. The Morgan fingerprint density at radius 1 is 1.44 bits per heavy atom. The number of methoxy groups -OCH3 is 1. The molecular formula is C11H23NO4. The van der Waals surface area contributed by atoms with Crippen molar-refractivity contribution in [2.75, 3.05) is 20.7 Å². The Morgan fingerprint density at radius 2 is 1.94 bits per heavy atom. The molecule has 0 heterocycles. The predicted molar refractivity (Wildman–Crippen MR) is 60.7 cm³/mol. The molecular weight excluding hydrogens is 210 g/mol. The molecule has 0 aromatic carbocycles. The van der Waals surface area contributed by atoms with Crippen LogP contribution in [0.15, 0.2) is 0 Å². The van der Waals surface area contributed by atoms with Crippen molar-refractivity contribution >= 4 is 5.97 Å². The molecule has 2 atom stereocenters. The molecule has 0 bridgehead atoms.